The molecule has 1 rings (SSSR count). The Morgan fingerprint density at radius 1 is 1.60 bits per heavy atom. The smallest absolute Gasteiger partial charge is 0.407 e. The number of carbonyl (C=O) groups excluding carboxylic acids is 1. The summed E-state index contributed by atoms with van der Waals surface area (Å²) in [7, 11) is 1.87. The standard InChI is InChI=1S/C10H17N3O2/c1-4-9-8(7-13(3)12-9)6-11-10(14)15-5-2/h7H,4-6H2,1-3H3,(H,11,14). The van der Waals surface area contributed by atoms with Gasteiger partial charge in [-0.1, -0.05) is 6.92 Å². The molecule has 1 amide bonds. The summed E-state index contributed by atoms with van der Waals surface area (Å²) in [6.45, 7) is 4.67. The van der Waals surface area contributed by atoms with Gasteiger partial charge in [-0.3, -0.25) is 4.68 Å². The molecule has 15 heavy (non-hydrogen) atoms. The Morgan fingerprint density at radius 2 is 2.33 bits per heavy atom. The molecule has 0 aromatic carbocycles. The van der Waals surface area contributed by atoms with Crippen LogP contribution in [0.2, 0.25) is 0 Å². The van der Waals surface area contributed by atoms with Gasteiger partial charge in [0.05, 0.1) is 12.3 Å². The van der Waals surface area contributed by atoms with Gasteiger partial charge in [0, 0.05) is 25.4 Å². The Labute approximate surface area is 89.4 Å². The summed E-state index contributed by atoms with van der Waals surface area (Å²) in [6.07, 6.45) is 2.38. The zero-order valence-corrected chi connectivity index (χ0v) is 9.41. The molecular weight excluding hydrogens is 194 g/mol. The molecule has 1 aromatic heterocycles. The lowest BCUT2D eigenvalue weighted by atomic mass is 10.2. The zero-order valence-electron chi connectivity index (χ0n) is 9.41. The summed E-state index contributed by atoms with van der Waals surface area (Å²) in [5.74, 6) is 0. The Morgan fingerprint density at radius 3 is 2.93 bits per heavy atom. The van der Waals surface area contributed by atoms with Crippen molar-refractivity contribution in [2.45, 2.75) is 26.8 Å². The molecule has 0 unspecified atom stereocenters. The van der Waals surface area contributed by atoms with Crippen LogP contribution in [-0.4, -0.2) is 22.5 Å². The summed E-state index contributed by atoms with van der Waals surface area (Å²) >= 11 is 0. The molecule has 0 radical (unpaired) electrons. The topological polar surface area (TPSA) is 56.1 Å². The number of carbonyl (C=O) groups is 1. The second-order valence-corrected chi connectivity index (χ2v) is 3.20. The van der Waals surface area contributed by atoms with Crippen LogP contribution >= 0.6 is 0 Å². The number of aromatic nitrogens is 2. The highest BCUT2D eigenvalue weighted by Gasteiger charge is 2.07. The number of amides is 1. The summed E-state index contributed by atoms with van der Waals surface area (Å²) in [6, 6.07) is 0. The van der Waals surface area contributed by atoms with Crippen molar-refractivity contribution in [2.24, 2.45) is 7.05 Å². The molecule has 0 aliphatic carbocycles. The van der Waals surface area contributed by atoms with Crippen LogP contribution in [0.1, 0.15) is 25.1 Å². The maximum absolute atomic E-state index is 11.1. The molecule has 0 spiro atoms. The number of nitrogens with one attached hydrogen (secondary N) is 1. The molecule has 1 N–H and O–H groups in total. The highest BCUT2D eigenvalue weighted by molar-refractivity contribution is 5.67. The average Bonchev–Trinajstić information content (AvgIpc) is 2.56. The van der Waals surface area contributed by atoms with E-state index in [-0.39, 0.29) is 6.09 Å². The quantitative estimate of drug-likeness (QED) is 0.815. The fourth-order valence-corrected chi connectivity index (χ4v) is 1.38. The average molecular weight is 211 g/mol. The van der Waals surface area contributed by atoms with E-state index >= 15 is 0 Å². The van der Waals surface area contributed by atoms with Crippen LogP contribution in [0.15, 0.2) is 6.20 Å². The van der Waals surface area contributed by atoms with E-state index in [1.54, 1.807) is 11.6 Å². The van der Waals surface area contributed by atoms with Crippen LogP contribution in [0, 0.1) is 0 Å². The van der Waals surface area contributed by atoms with Gasteiger partial charge >= 0.3 is 6.09 Å². The van der Waals surface area contributed by atoms with Gasteiger partial charge in [0.25, 0.3) is 0 Å². The van der Waals surface area contributed by atoms with Crippen molar-refractivity contribution < 1.29 is 9.53 Å². The zero-order chi connectivity index (χ0) is 11.3. The van der Waals surface area contributed by atoms with Crippen LogP contribution in [0.25, 0.3) is 0 Å². The van der Waals surface area contributed by atoms with Crippen molar-refractivity contribution in [1.82, 2.24) is 15.1 Å². The van der Waals surface area contributed by atoms with Gasteiger partial charge in [0.2, 0.25) is 0 Å². The van der Waals surface area contributed by atoms with Crippen molar-refractivity contribution in [1.29, 1.82) is 0 Å². The van der Waals surface area contributed by atoms with E-state index in [1.807, 2.05) is 20.2 Å². The van der Waals surface area contributed by atoms with Crippen LogP contribution in [0.5, 0.6) is 0 Å². The van der Waals surface area contributed by atoms with Crippen LogP contribution in [-0.2, 0) is 24.8 Å². The molecule has 0 aliphatic heterocycles. The number of ether oxygens (including phenoxy) is 1. The molecule has 0 atom stereocenters. The Balaban J connectivity index is 2.52. The van der Waals surface area contributed by atoms with Crippen molar-refractivity contribution in [3.8, 4) is 0 Å². The van der Waals surface area contributed by atoms with Gasteiger partial charge in [-0.15, -0.1) is 0 Å². The molecule has 0 saturated carbocycles. The first kappa shape index (κ1) is 11.6. The third-order valence-electron chi connectivity index (χ3n) is 2.03. The number of alkyl carbamates (subject to hydrolysis) is 1. The van der Waals surface area contributed by atoms with Gasteiger partial charge in [-0.2, -0.15) is 5.10 Å². The van der Waals surface area contributed by atoms with Crippen LogP contribution < -0.4 is 5.32 Å². The van der Waals surface area contributed by atoms with E-state index in [1.165, 1.54) is 0 Å². The van der Waals surface area contributed by atoms with Gasteiger partial charge in [-0.05, 0) is 13.3 Å². The van der Waals surface area contributed by atoms with Gasteiger partial charge < -0.3 is 10.1 Å². The lowest BCUT2D eigenvalue weighted by Crippen LogP contribution is -2.23. The summed E-state index contributed by atoms with van der Waals surface area (Å²) in [5.41, 5.74) is 2.04. The summed E-state index contributed by atoms with van der Waals surface area (Å²) < 4.78 is 6.52. The maximum atomic E-state index is 11.1. The molecule has 84 valence electrons. The molecule has 5 nitrogen and oxygen atoms in total. The monoisotopic (exact) mass is 211 g/mol. The highest BCUT2D eigenvalue weighted by Crippen LogP contribution is 2.06. The second-order valence-electron chi connectivity index (χ2n) is 3.20. The SMILES string of the molecule is CCOC(=O)NCc1cn(C)nc1CC. The second kappa shape index (κ2) is 5.38. The first-order valence-electron chi connectivity index (χ1n) is 5.09. The van der Waals surface area contributed by atoms with Crippen LogP contribution in [0.3, 0.4) is 0 Å². The lowest BCUT2D eigenvalue weighted by Gasteiger charge is -2.04. The third-order valence-corrected chi connectivity index (χ3v) is 2.03. The fraction of sp³-hybridized carbons (Fsp3) is 0.600. The molecule has 1 heterocycles. The predicted molar refractivity (Wildman–Crippen MR) is 56.4 cm³/mol. The number of hydrogen-bond acceptors (Lipinski definition) is 3. The fourth-order valence-electron chi connectivity index (χ4n) is 1.38. The van der Waals surface area contributed by atoms with Crippen LogP contribution in [0.4, 0.5) is 4.79 Å². The van der Waals surface area contributed by atoms with E-state index in [2.05, 4.69) is 10.4 Å². The minimum atomic E-state index is -0.386. The largest absolute Gasteiger partial charge is 0.450 e. The minimum Gasteiger partial charge on any atom is -0.450 e. The van der Waals surface area contributed by atoms with Crippen molar-refractivity contribution in [3.63, 3.8) is 0 Å². The number of aryl methyl sites for hydroxylation is 2. The third kappa shape index (κ3) is 3.27. The first-order chi connectivity index (χ1) is 7.17. The normalized spacial score (nSPS) is 10.1. The lowest BCUT2D eigenvalue weighted by molar-refractivity contribution is 0.151. The Hall–Kier alpha value is -1.52. The van der Waals surface area contributed by atoms with E-state index in [4.69, 9.17) is 4.74 Å². The Bertz CT molecular complexity index is 333. The van der Waals surface area contributed by atoms with E-state index in [9.17, 15) is 4.79 Å². The summed E-state index contributed by atoms with van der Waals surface area (Å²) in [4.78, 5) is 11.1. The Kier molecular flexibility index (Phi) is 4.15. The van der Waals surface area contributed by atoms with Crippen molar-refractivity contribution in [2.75, 3.05) is 6.61 Å². The van der Waals surface area contributed by atoms with Crippen molar-refractivity contribution >= 4 is 6.09 Å². The highest BCUT2D eigenvalue weighted by atomic mass is 16.5. The predicted octanol–water partition coefficient (Wildman–Crippen LogP) is 1.23. The molecular formula is C10H17N3O2. The number of hydrogen-bond donors (Lipinski definition) is 1. The number of rotatable bonds is 4. The van der Waals surface area contributed by atoms with E-state index < -0.39 is 0 Å². The minimum absolute atomic E-state index is 0.386. The van der Waals surface area contributed by atoms with E-state index in [0.717, 1.165) is 17.7 Å². The van der Waals surface area contributed by atoms with Gasteiger partial charge in [-0.25, -0.2) is 4.79 Å². The summed E-state index contributed by atoms with van der Waals surface area (Å²) in [5, 5.41) is 6.95. The molecule has 0 saturated heterocycles. The molecule has 0 bridgehead atoms. The molecule has 0 aliphatic rings. The first-order valence-corrected chi connectivity index (χ1v) is 5.09. The van der Waals surface area contributed by atoms with E-state index in [0.29, 0.717) is 13.2 Å². The molecule has 5 heteroatoms. The molecule has 0 fully saturated rings. The van der Waals surface area contributed by atoms with Gasteiger partial charge in [0.15, 0.2) is 0 Å². The maximum Gasteiger partial charge on any atom is 0.407 e. The van der Waals surface area contributed by atoms with Crippen molar-refractivity contribution in [3.05, 3.63) is 17.5 Å². The van der Waals surface area contributed by atoms with Gasteiger partial charge in [0.1, 0.15) is 0 Å². The number of nitrogens with zero attached hydrogens (tertiary/aromatic N) is 2. The molecule has 1 aromatic rings.